The van der Waals surface area contributed by atoms with Gasteiger partial charge in [-0.15, -0.1) is 0 Å². The number of aryl methyl sites for hydroxylation is 2. The zero-order valence-corrected chi connectivity index (χ0v) is 21.6. The highest BCUT2D eigenvalue weighted by Crippen LogP contribution is 2.36. The third kappa shape index (κ3) is 4.54. The summed E-state index contributed by atoms with van der Waals surface area (Å²) < 4.78 is 20.4. The maximum Gasteiger partial charge on any atom is 0.295 e. The average Bonchev–Trinajstić information content (AvgIpc) is 3.57. The fourth-order valence-electron chi connectivity index (χ4n) is 4.22. The van der Waals surface area contributed by atoms with Gasteiger partial charge in [0.1, 0.15) is 11.3 Å². The number of thiazole rings is 1. The molecule has 0 atom stereocenters. The van der Waals surface area contributed by atoms with Gasteiger partial charge in [0.25, 0.3) is 5.91 Å². The number of aromatic nitrogens is 3. The van der Waals surface area contributed by atoms with Crippen LogP contribution in [0, 0.1) is 13.8 Å². The lowest BCUT2D eigenvalue weighted by Crippen LogP contribution is -2.34. The fourth-order valence-corrected chi connectivity index (χ4v) is 5.23. The van der Waals surface area contributed by atoms with Gasteiger partial charge in [-0.2, -0.15) is 5.10 Å². The minimum atomic E-state index is -0.271. The molecule has 0 aliphatic rings. The van der Waals surface area contributed by atoms with E-state index in [0.717, 1.165) is 27.0 Å². The molecule has 36 heavy (non-hydrogen) atoms. The van der Waals surface area contributed by atoms with Gasteiger partial charge in [0.2, 0.25) is 0 Å². The molecule has 3 aromatic heterocycles. The normalized spacial score (nSPS) is 11.3. The summed E-state index contributed by atoms with van der Waals surface area (Å²) in [5, 5.41) is 5.95. The van der Waals surface area contributed by atoms with Gasteiger partial charge in [-0.25, -0.2) is 4.98 Å². The number of nitrogens with zero attached hydrogens (tertiary/aromatic N) is 4. The maximum absolute atomic E-state index is 13.9. The quantitative estimate of drug-likeness (QED) is 0.245. The Morgan fingerprint density at radius 2 is 1.81 bits per heavy atom. The van der Waals surface area contributed by atoms with Gasteiger partial charge in [-0.3, -0.25) is 14.4 Å². The lowest BCUT2D eigenvalue weighted by molar-refractivity contribution is 0.0961. The molecule has 0 fully saturated rings. The van der Waals surface area contributed by atoms with E-state index in [9.17, 15) is 4.79 Å². The SMILES string of the molecule is CCOc1cccc2sc(N(CCn3nc(C)cc3C)C(=O)c3cc4cccc(OCC)c4o3)nc12. The van der Waals surface area contributed by atoms with Crippen LogP contribution in [0.4, 0.5) is 5.13 Å². The van der Waals surface area contributed by atoms with Crippen LogP contribution < -0.4 is 14.4 Å². The minimum Gasteiger partial charge on any atom is -0.492 e. The first-order valence-electron chi connectivity index (χ1n) is 12.0. The standard InChI is InChI=1S/C27H28N4O4S/c1-5-33-20-10-8-12-23-24(20)28-27(36-23)30(13-14-31-18(4)15-17(3)29-31)26(32)22-16-19-9-7-11-21(34-6-2)25(19)35-22/h7-12,15-16H,5-6,13-14H2,1-4H3. The second kappa shape index (κ2) is 10.0. The van der Waals surface area contributed by atoms with E-state index in [2.05, 4.69) is 5.10 Å². The number of para-hydroxylation sites is 2. The van der Waals surface area contributed by atoms with Crippen molar-refractivity contribution in [3.05, 3.63) is 65.7 Å². The molecule has 3 heterocycles. The Morgan fingerprint density at radius 3 is 2.56 bits per heavy atom. The van der Waals surface area contributed by atoms with Crippen molar-refractivity contribution in [2.24, 2.45) is 0 Å². The van der Waals surface area contributed by atoms with E-state index in [1.807, 2.05) is 74.8 Å². The van der Waals surface area contributed by atoms with E-state index in [-0.39, 0.29) is 11.7 Å². The van der Waals surface area contributed by atoms with Crippen molar-refractivity contribution in [1.29, 1.82) is 0 Å². The number of furan rings is 1. The predicted octanol–water partition coefficient (Wildman–Crippen LogP) is 6.00. The molecule has 0 saturated carbocycles. The number of hydrogen-bond donors (Lipinski definition) is 0. The first-order chi connectivity index (χ1) is 17.5. The zero-order chi connectivity index (χ0) is 25.2. The predicted molar refractivity (Wildman–Crippen MR) is 142 cm³/mol. The number of amides is 1. The highest BCUT2D eigenvalue weighted by molar-refractivity contribution is 7.22. The van der Waals surface area contributed by atoms with Gasteiger partial charge in [0.05, 0.1) is 30.2 Å². The second-order valence-electron chi connectivity index (χ2n) is 8.36. The molecule has 0 bridgehead atoms. The Bertz CT molecular complexity index is 1530. The number of ether oxygens (including phenoxy) is 2. The second-order valence-corrected chi connectivity index (χ2v) is 9.37. The van der Waals surface area contributed by atoms with Crippen molar-refractivity contribution < 1.29 is 18.7 Å². The lowest BCUT2D eigenvalue weighted by atomic mass is 10.2. The molecule has 186 valence electrons. The van der Waals surface area contributed by atoms with Gasteiger partial charge < -0.3 is 13.9 Å². The van der Waals surface area contributed by atoms with Crippen molar-refractivity contribution in [3.8, 4) is 11.5 Å². The molecule has 5 rings (SSSR count). The molecular weight excluding hydrogens is 476 g/mol. The van der Waals surface area contributed by atoms with Crippen molar-refractivity contribution in [3.63, 3.8) is 0 Å². The van der Waals surface area contributed by atoms with Crippen LogP contribution in [0.1, 0.15) is 35.8 Å². The molecule has 9 heteroatoms. The highest BCUT2D eigenvalue weighted by atomic mass is 32.1. The molecule has 0 radical (unpaired) electrons. The molecule has 0 aliphatic heterocycles. The van der Waals surface area contributed by atoms with Crippen LogP contribution in [0.3, 0.4) is 0 Å². The van der Waals surface area contributed by atoms with E-state index >= 15 is 0 Å². The molecule has 0 saturated heterocycles. The van der Waals surface area contributed by atoms with Gasteiger partial charge in [-0.1, -0.05) is 29.5 Å². The summed E-state index contributed by atoms with van der Waals surface area (Å²) in [4.78, 5) is 20.4. The lowest BCUT2D eigenvalue weighted by Gasteiger charge is -2.19. The van der Waals surface area contributed by atoms with Gasteiger partial charge in [-0.05, 0) is 58.0 Å². The third-order valence-corrected chi connectivity index (χ3v) is 6.85. The number of fused-ring (bicyclic) bond motifs is 2. The van der Waals surface area contributed by atoms with E-state index in [0.29, 0.717) is 48.5 Å². The molecule has 0 N–H and O–H groups in total. The van der Waals surface area contributed by atoms with Crippen LogP contribution in [-0.4, -0.2) is 40.4 Å². The van der Waals surface area contributed by atoms with Crippen LogP contribution in [0.15, 0.2) is 52.9 Å². The average molecular weight is 505 g/mol. The van der Waals surface area contributed by atoms with E-state index in [1.54, 1.807) is 11.0 Å². The molecule has 2 aromatic carbocycles. The Labute approximate surface area is 213 Å². The number of anilines is 1. The summed E-state index contributed by atoms with van der Waals surface area (Å²) in [5.41, 5.74) is 3.27. The zero-order valence-electron chi connectivity index (χ0n) is 20.8. The van der Waals surface area contributed by atoms with Crippen LogP contribution in [0.5, 0.6) is 11.5 Å². The molecular formula is C27H28N4O4S. The largest absolute Gasteiger partial charge is 0.492 e. The van der Waals surface area contributed by atoms with E-state index < -0.39 is 0 Å². The Morgan fingerprint density at radius 1 is 1.06 bits per heavy atom. The van der Waals surface area contributed by atoms with Crippen LogP contribution in [0.2, 0.25) is 0 Å². The summed E-state index contributed by atoms with van der Waals surface area (Å²) in [5.74, 6) is 1.28. The first-order valence-corrected chi connectivity index (χ1v) is 12.8. The minimum absolute atomic E-state index is 0.231. The van der Waals surface area contributed by atoms with Crippen molar-refractivity contribution in [2.75, 3.05) is 24.7 Å². The number of carbonyl (C=O) groups excluding carboxylic acids is 1. The third-order valence-electron chi connectivity index (χ3n) is 5.80. The number of carbonyl (C=O) groups is 1. The van der Waals surface area contributed by atoms with E-state index in [4.69, 9.17) is 18.9 Å². The van der Waals surface area contributed by atoms with Crippen molar-refractivity contribution >= 4 is 43.6 Å². The van der Waals surface area contributed by atoms with Crippen LogP contribution in [-0.2, 0) is 6.54 Å². The molecule has 0 unspecified atom stereocenters. The number of hydrogen-bond acceptors (Lipinski definition) is 7. The Balaban J connectivity index is 1.55. The van der Waals surface area contributed by atoms with Gasteiger partial charge in [0.15, 0.2) is 22.2 Å². The van der Waals surface area contributed by atoms with Crippen LogP contribution in [0.25, 0.3) is 21.2 Å². The first kappa shape index (κ1) is 23.9. The van der Waals surface area contributed by atoms with Crippen molar-refractivity contribution in [1.82, 2.24) is 14.8 Å². The molecule has 5 aromatic rings. The Kier molecular flexibility index (Phi) is 6.65. The molecule has 0 aliphatic carbocycles. The molecule has 0 spiro atoms. The smallest absolute Gasteiger partial charge is 0.295 e. The summed E-state index contributed by atoms with van der Waals surface area (Å²) >= 11 is 1.45. The monoisotopic (exact) mass is 504 g/mol. The van der Waals surface area contributed by atoms with E-state index in [1.165, 1.54) is 11.3 Å². The highest BCUT2D eigenvalue weighted by Gasteiger charge is 2.26. The Hall–Kier alpha value is -3.85. The van der Waals surface area contributed by atoms with Crippen LogP contribution >= 0.6 is 11.3 Å². The number of rotatable bonds is 9. The summed E-state index contributed by atoms with van der Waals surface area (Å²) in [6.45, 7) is 9.75. The fraction of sp³-hybridized carbons (Fsp3) is 0.296. The van der Waals surface area contributed by atoms with Gasteiger partial charge >= 0.3 is 0 Å². The summed E-state index contributed by atoms with van der Waals surface area (Å²) in [6, 6.07) is 15.2. The maximum atomic E-state index is 13.9. The summed E-state index contributed by atoms with van der Waals surface area (Å²) in [7, 11) is 0. The molecule has 1 amide bonds. The van der Waals surface area contributed by atoms with Crippen molar-refractivity contribution in [2.45, 2.75) is 34.2 Å². The van der Waals surface area contributed by atoms with Gasteiger partial charge in [0, 0.05) is 17.6 Å². The number of benzene rings is 2. The summed E-state index contributed by atoms with van der Waals surface area (Å²) in [6.07, 6.45) is 0. The topological polar surface area (TPSA) is 82.6 Å². The molecule has 8 nitrogen and oxygen atoms in total.